The summed E-state index contributed by atoms with van der Waals surface area (Å²) in [5, 5.41) is 6.79. The number of hydrogen-bond donors (Lipinski definition) is 1. The zero-order valence-electron chi connectivity index (χ0n) is 13.0. The molecule has 2 heterocycles. The number of aromatic nitrogens is 2. The molecule has 0 atom stereocenters. The largest absolute Gasteiger partial charge is 0.346 e. The van der Waals surface area contributed by atoms with Gasteiger partial charge >= 0.3 is 0 Å². The van der Waals surface area contributed by atoms with Crippen molar-refractivity contribution in [2.75, 3.05) is 17.3 Å². The highest BCUT2D eigenvalue weighted by molar-refractivity contribution is 8.00. The van der Waals surface area contributed by atoms with Crippen LogP contribution in [0.2, 0.25) is 0 Å². The maximum atomic E-state index is 12.8. The van der Waals surface area contributed by atoms with Crippen LogP contribution in [0.3, 0.4) is 0 Å². The molecule has 0 aliphatic carbocycles. The first kappa shape index (κ1) is 17.3. The molecule has 1 aromatic carbocycles. The molecule has 5 nitrogen and oxygen atoms in total. The number of carbonyl (C=O) groups excluding carboxylic acids is 1. The maximum absolute atomic E-state index is 12.8. The van der Waals surface area contributed by atoms with Gasteiger partial charge < -0.3 is 9.84 Å². The van der Waals surface area contributed by atoms with Gasteiger partial charge in [-0.3, -0.25) is 4.79 Å². The average molecular weight is 367 g/mol. The van der Waals surface area contributed by atoms with Gasteiger partial charge in [-0.2, -0.15) is 16.7 Å². The van der Waals surface area contributed by atoms with Crippen molar-refractivity contribution in [2.24, 2.45) is 0 Å². The van der Waals surface area contributed by atoms with E-state index in [2.05, 4.69) is 15.5 Å². The van der Waals surface area contributed by atoms with Gasteiger partial charge in [-0.05, 0) is 48.6 Å². The molecule has 1 aromatic heterocycles. The normalized spacial score (nSPS) is 15.4. The molecule has 8 heteroatoms. The third-order valence-electron chi connectivity index (χ3n) is 3.69. The molecular formula is C16H18FN3O2S2. The quantitative estimate of drug-likeness (QED) is 0.791. The van der Waals surface area contributed by atoms with Crippen molar-refractivity contribution in [2.45, 2.75) is 30.2 Å². The lowest BCUT2D eigenvalue weighted by Crippen LogP contribution is -2.24. The summed E-state index contributed by atoms with van der Waals surface area (Å²) in [5.74, 6) is 3.66. The Hall–Kier alpha value is -1.54. The predicted octanol–water partition coefficient (Wildman–Crippen LogP) is 3.23. The van der Waals surface area contributed by atoms with Gasteiger partial charge in [0.15, 0.2) is 5.82 Å². The standard InChI is InChI=1S/C16H18FN3O2S2/c17-12-1-3-13(4-2-12)24-10-14(21)18-9-15-19-16(20-22-15)11-5-7-23-8-6-11/h1-4,11H,5-10H2,(H,18,21). The van der Waals surface area contributed by atoms with E-state index in [1.165, 1.54) is 23.9 Å². The van der Waals surface area contributed by atoms with Gasteiger partial charge in [-0.1, -0.05) is 5.16 Å². The van der Waals surface area contributed by atoms with Gasteiger partial charge in [0.25, 0.3) is 0 Å². The van der Waals surface area contributed by atoms with Crippen molar-refractivity contribution < 1.29 is 13.7 Å². The summed E-state index contributed by atoms with van der Waals surface area (Å²) in [7, 11) is 0. The zero-order chi connectivity index (χ0) is 16.8. The molecule has 1 N–H and O–H groups in total. The van der Waals surface area contributed by atoms with Crippen LogP contribution in [-0.4, -0.2) is 33.3 Å². The van der Waals surface area contributed by atoms with Crippen LogP contribution in [0.4, 0.5) is 4.39 Å². The Morgan fingerprint density at radius 3 is 2.83 bits per heavy atom. The Bertz CT molecular complexity index is 672. The van der Waals surface area contributed by atoms with Gasteiger partial charge in [-0.15, -0.1) is 11.8 Å². The van der Waals surface area contributed by atoms with Gasteiger partial charge in [-0.25, -0.2) is 4.39 Å². The number of benzene rings is 1. The number of carbonyl (C=O) groups is 1. The molecule has 0 radical (unpaired) electrons. The molecule has 1 amide bonds. The van der Waals surface area contributed by atoms with Gasteiger partial charge in [0.2, 0.25) is 11.8 Å². The van der Waals surface area contributed by atoms with Gasteiger partial charge in [0.05, 0.1) is 12.3 Å². The summed E-state index contributed by atoms with van der Waals surface area (Å²) < 4.78 is 18.0. The highest BCUT2D eigenvalue weighted by Crippen LogP contribution is 2.29. The van der Waals surface area contributed by atoms with Crippen molar-refractivity contribution in [1.82, 2.24) is 15.5 Å². The second-order valence-electron chi connectivity index (χ2n) is 5.45. The minimum absolute atomic E-state index is 0.127. The molecule has 0 unspecified atom stereocenters. The van der Waals surface area contributed by atoms with Crippen molar-refractivity contribution in [3.63, 3.8) is 0 Å². The van der Waals surface area contributed by atoms with Crippen LogP contribution in [0, 0.1) is 5.82 Å². The second kappa shape index (κ2) is 8.53. The highest BCUT2D eigenvalue weighted by atomic mass is 32.2. The Balaban J connectivity index is 1.42. The zero-order valence-corrected chi connectivity index (χ0v) is 14.7. The minimum Gasteiger partial charge on any atom is -0.346 e. The van der Waals surface area contributed by atoms with Crippen LogP contribution < -0.4 is 5.32 Å². The summed E-state index contributed by atoms with van der Waals surface area (Å²) in [5.41, 5.74) is 0. The number of halogens is 1. The fourth-order valence-corrected chi connectivity index (χ4v) is 4.20. The molecule has 1 aliphatic rings. The minimum atomic E-state index is -0.285. The Kier molecular flexibility index (Phi) is 6.14. The number of nitrogens with one attached hydrogen (secondary N) is 1. The van der Waals surface area contributed by atoms with Crippen molar-refractivity contribution in [1.29, 1.82) is 0 Å². The van der Waals surface area contributed by atoms with Gasteiger partial charge in [0, 0.05) is 10.8 Å². The number of amides is 1. The van der Waals surface area contributed by atoms with Crippen LogP contribution in [0.5, 0.6) is 0 Å². The van der Waals surface area contributed by atoms with Crippen molar-refractivity contribution in [3.05, 3.63) is 41.8 Å². The molecule has 2 aromatic rings. The van der Waals surface area contributed by atoms with Crippen molar-refractivity contribution in [3.8, 4) is 0 Å². The maximum Gasteiger partial charge on any atom is 0.246 e. The number of nitrogens with zero attached hydrogens (tertiary/aromatic N) is 2. The number of rotatable bonds is 6. The Labute approximate surface area is 148 Å². The van der Waals surface area contributed by atoms with E-state index in [1.807, 2.05) is 11.8 Å². The summed E-state index contributed by atoms with van der Waals surface area (Å²) in [6.45, 7) is 0.233. The van der Waals surface area contributed by atoms with Crippen LogP contribution in [-0.2, 0) is 11.3 Å². The fraction of sp³-hybridized carbons (Fsp3) is 0.438. The van der Waals surface area contributed by atoms with Crippen LogP contribution >= 0.6 is 23.5 Å². The average Bonchev–Trinajstić information content (AvgIpc) is 3.09. The molecule has 3 rings (SSSR count). The SMILES string of the molecule is O=C(CSc1ccc(F)cc1)NCc1nc(C2CCSCC2)no1. The smallest absolute Gasteiger partial charge is 0.246 e. The monoisotopic (exact) mass is 367 g/mol. The summed E-state index contributed by atoms with van der Waals surface area (Å²) >= 11 is 3.31. The fourth-order valence-electron chi connectivity index (χ4n) is 2.37. The lowest BCUT2D eigenvalue weighted by Gasteiger charge is -2.17. The molecule has 24 heavy (non-hydrogen) atoms. The lowest BCUT2D eigenvalue weighted by molar-refractivity contribution is -0.118. The second-order valence-corrected chi connectivity index (χ2v) is 7.73. The highest BCUT2D eigenvalue weighted by Gasteiger charge is 2.21. The molecule has 1 fully saturated rings. The van der Waals surface area contributed by atoms with E-state index in [0.717, 1.165) is 35.1 Å². The lowest BCUT2D eigenvalue weighted by atomic mass is 10.0. The first-order valence-corrected chi connectivity index (χ1v) is 9.90. The summed E-state index contributed by atoms with van der Waals surface area (Å²) in [6.07, 6.45) is 2.15. The molecule has 0 spiro atoms. The van der Waals surface area contributed by atoms with E-state index < -0.39 is 0 Å². The third-order valence-corrected chi connectivity index (χ3v) is 5.75. The third kappa shape index (κ3) is 4.98. The van der Waals surface area contributed by atoms with E-state index in [0.29, 0.717) is 11.8 Å². The van der Waals surface area contributed by atoms with Crippen molar-refractivity contribution >= 4 is 29.4 Å². The molecule has 128 valence electrons. The Morgan fingerprint density at radius 2 is 2.08 bits per heavy atom. The van der Waals surface area contributed by atoms with E-state index in [9.17, 15) is 9.18 Å². The van der Waals surface area contributed by atoms with Crippen LogP contribution in [0.1, 0.15) is 30.5 Å². The van der Waals surface area contributed by atoms with Crippen LogP contribution in [0.25, 0.3) is 0 Å². The molecular weight excluding hydrogens is 349 g/mol. The van der Waals surface area contributed by atoms with E-state index in [1.54, 1.807) is 12.1 Å². The molecule has 1 aliphatic heterocycles. The first-order chi connectivity index (χ1) is 11.7. The van der Waals surface area contributed by atoms with E-state index in [-0.39, 0.29) is 24.0 Å². The number of thioether (sulfide) groups is 2. The van der Waals surface area contributed by atoms with E-state index in [4.69, 9.17) is 4.52 Å². The predicted molar refractivity (Wildman–Crippen MR) is 92.6 cm³/mol. The van der Waals surface area contributed by atoms with E-state index >= 15 is 0 Å². The topological polar surface area (TPSA) is 68.0 Å². The molecule has 0 bridgehead atoms. The summed E-state index contributed by atoms with van der Waals surface area (Å²) in [6, 6.07) is 6.06. The Morgan fingerprint density at radius 1 is 1.33 bits per heavy atom. The summed E-state index contributed by atoms with van der Waals surface area (Å²) in [4.78, 5) is 17.1. The number of hydrogen-bond acceptors (Lipinski definition) is 6. The van der Waals surface area contributed by atoms with Gasteiger partial charge in [0.1, 0.15) is 5.82 Å². The molecule has 0 saturated carbocycles. The molecule has 1 saturated heterocycles. The first-order valence-electron chi connectivity index (χ1n) is 7.76. The van der Waals surface area contributed by atoms with Crippen LogP contribution in [0.15, 0.2) is 33.7 Å².